The molecule has 0 amide bonds. The minimum atomic E-state index is -4.29. The van der Waals surface area contributed by atoms with Crippen LogP contribution in [0.25, 0.3) is 0 Å². The van der Waals surface area contributed by atoms with Gasteiger partial charge in [-0.1, -0.05) is 23.7 Å². The molecule has 0 heterocycles. The summed E-state index contributed by atoms with van der Waals surface area (Å²) in [4.78, 5) is 0. The first-order valence-corrected chi connectivity index (χ1v) is 4.40. The van der Waals surface area contributed by atoms with Gasteiger partial charge in [0.15, 0.2) is 0 Å². The lowest BCUT2D eigenvalue weighted by molar-refractivity contribution is -0.0929. The highest BCUT2D eigenvalue weighted by Gasteiger charge is 2.32. The predicted octanol–water partition coefficient (Wildman–Crippen LogP) is 2.39. The Hall–Kier alpha value is -1.39. The topological polar surface area (TPSA) is 20.2 Å². The van der Waals surface area contributed by atoms with Crippen LogP contribution in [0.15, 0.2) is 47.2 Å². The van der Waals surface area contributed by atoms with Crippen LogP contribution in [0.2, 0.25) is 0 Å². The molecule has 1 N–H and O–H groups in total. The van der Waals surface area contributed by atoms with E-state index >= 15 is 0 Å². The molecule has 15 heavy (non-hydrogen) atoms. The van der Waals surface area contributed by atoms with Crippen LogP contribution in [-0.4, -0.2) is 19.1 Å². The van der Waals surface area contributed by atoms with Crippen LogP contribution in [0.3, 0.4) is 0 Å². The number of hydrogen-bond acceptors (Lipinski definition) is 1. The minimum absolute atomic E-state index is 0.170. The average Bonchev–Trinajstić information content (AvgIpc) is 2.26. The lowest BCUT2D eigenvalue weighted by atomic mass is 9.92. The molecule has 0 fully saturated rings. The van der Waals surface area contributed by atoms with Gasteiger partial charge in [-0.25, -0.2) is 0 Å². The van der Waals surface area contributed by atoms with Gasteiger partial charge in [0, 0.05) is 5.57 Å². The van der Waals surface area contributed by atoms with Crippen molar-refractivity contribution < 1.29 is 18.3 Å². The van der Waals surface area contributed by atoms with E-state index in [1.165, 1.54) is 12.2 Å². The number of halogens is 3. The van der Waals surface area contributed by atoms with Crippen LogP contribution in [0.5, 0.6) is 0 Å². The molecule has 80 valence electrons. The Morgan fingerprint density at radius 1 is 1.33 bits per heavy atom. The van der Waals surface area contributed by atoms with E-state index in [2.05, 4.69) is 0 Å². The van der Waals surface area contributed by atoms with Crippen molar-refractivity contribution in [3.05, 3.63) is 47.2 Å². The maximum atomic E-state index is 12.4. The maximum Gasteiger partial charge on any atom is 0.412 e. The highest BCUT2D eigenvalue weighted by Crippen LogP contribution is 2.31. The molecule has 0 aromatic rings. The molecular weight excluding hydrogens is 204 g/mol. The molecule has 5 heteroatoms. The van der Waals surface area contributed by atoms with Crippen molar-refractivity contribution in [2.24, 2.45) is 0 Å². The fourth-order valence-corrected chi connectivity index (χ4v) is 1.32. The largest absolute Gasteiger partial charge is 0.516 e. The van der Waals surface area contributed by atoms with Gasteiger partial charge in [0.1, 0.15) is 7.85 Å². The summed E-state index contributed by atoms with van der Waals surface area (Å²) in [7, 11) is 1.59. The van der Waals surface area contributed by atoms with Crippen molar-refractivity contribution in [3.8, 4) is 0 Å². The minimum Gasteiger partial charge on any atom is -0.516 e. The second kappa shape index (κ2) is 4.42. The van der Waals surface area contributed by atoms with Crippen LogP contribution in [0.1, 0.15) is 6.42 Å². The SMILES string of the molecule is BC1=CC(/C=C\O)=CCC(C(F)(F)F)=C1. The molecule has 1 rings (SSSR count). The third-order valence-corrected chi connectivity index (χ3v) is 1.99. The molecule has 0 spiro atoms. The van der Waals surface area contributed by atoms with Gasteiger partial charge in [-0.2, -0.15) is 13.2 Å². The Morgan fingerprint density at radius 2 is 2.00 bits per heavy atom. The maximum absolute atomic E-state index is 12.4. The van der Waals surface area contributed by atoms with Crippen LogP contribution in [0, 0.1) is 0 Å². The van der Waals surface area contributed by atoms with Crippen LogP contribution in [-0.2, 0) is 0 Å². The molecule has 0 unspecified atom stereocenters. The third-order valence-electron chi connectivity index (χ3n) is 1.99. The number of hydrogen-bond donors (Lipinski definition) is 1. The van der Waals surface area contributed by atoms with Crippen LogP contribution < -0.4 is 0 Å². The standard InChI is InChI=1S/C10H10BF3O/c11-9-5-7(3-4-15)1-2-8(6-9)10(12,13)14/h1,3-6,15H,2,11H2/b4-3-. The fraction of sp³-hybridized carbons (Fsp3) is 0.200. The monoisotopic (exact) mass is 214 g/mol. The van der Waals surface area contributed by atoms with Crippen molar-refractivity contribution in [1.29, 1.82) is 0 Å². The molecule has 0 saturated heterocycles. The van der Waals surface area contributed by atoms with Crippen molar-refractivity contribution in [3.63, 3.8) is 0 Å². The number of alkyl halides is 3. The van der Waals surface area contributed by atoms with Gasteiger partial charge in [-0.15, -0.1) is 0 Å². The number of allylic oxidation sites excluding steroid dienone is 7. The first-order valence-electron chi connectivity index (χ1n) is 4.40. The molecule has 0 saturated carbocycles. The van der Waals surface area contributed by atoms with Gasteiger partial charge in [0.2, 0.25) is 0 Å². The lowest BCUT2D eigenvalue weighted by Gasteiger charge is -2.08. The van der Waals surface area contributed by atoms with E-state index in [0.717, 1.165) is 12.3 Å². The summed E-state index contributed by atoms with van der Waals surface area (Å²) < 4.78 is 37.2. The zero-order valence-electron chi connectivity index (χ0n) is 8.17. The van der Waals surface area contributed by atoms with E-state index in [1.54, 1.807) is 13.9 Å². The van der Waals surface area contributed by atoms with Gasteiger partial charge in [-0.3, -0.25) is 0 Å². The quantitative estimate of drug-likeness (QED) is 0.524. The highest BCUT2D eigenvalue weighted by atomic mass is 19.4. The summed E-state index contributed by atoms with van der Waals surface area (Å²) in [6.07, 6.45) is 1.86. The lowest BCUT2D eigenvalue weighted by Crippen LogP contribution is -2.11. The Morgan fingerprint density at radius 3 is 2.53 bits per heavy atom. The summed E-state index contributed by atoms with van der Waals surface area (Å²) >= 11 is 0. The van der Waals surface area contributed by atoms with Gasteiger partial charge >= 0.3 is 6.18 Å². The first kappa shape index (κ1) is 11.7. The summed E-state index contributed by atoms with van der Waals surface area (Å²) in [6.45, 7) is 0. The Labute approximate surface area is 86.7 Å². The average molecular weight is 214 g/mol. The van der Waals surface area contributed by atoms with Crippen molar-refractivity contribution >= 4 is 7.85 Å². The zero-order valence-corrected chi connectivity index (χ0v) is 8.17. The Bertz CT molecular complexity index is 361. The molecular formula is C10H10BF3O. The number of aliphatic hydroxyl groups is 1. The number of aliphatic hydroxyl groups excluding tert-OH is 1. The summed E-state index contributed by atoms with van der Waals surface area (Å²) in [5, 5.41) is 8.53. The molecule has 0 radical (unpaired) electrons. The predicted molar refractivity (Wildman–Crippen MR) is 55.2 cm³/mol. The first-order chi connectivity index (χ1) is 6.93. The van der Waals surface area contributed by atoms with E-state index in [4.69, 9.17) is 5.11 Å². The molecule has 0 aromatic heterocycles. The molecule has 0 atom stereocenters. The number of rotatable bonds is 1. The Kier molecular flexibility index (Phi) is 3.45. The van der Waals surface area contributed by atoms with Gasteiger partial charge in [0.25, 0.3) is 0 Å². The molecule has 1 aliphatic carbocycles. The third kappa shape index (κ3) is 3.34. The summed E-state index contributed by atoms with van der Waals surface area (Å²) in [5.74, 6) is 0. The second-order valence-electron chi connectivity index (χ2n) is 3.28. The normalized spacial score (nSPS) is 18.2. The van der Waals surface area contributed by atoms with Crippen LogP contribution >= 0.6 is 0 Å². The summed E-state index contributed by atoms with van der Waals surface area (Å²) in [5.41, 5.74) is 0.521. The highest BCUT2D eigenvalue weighted by molar-refractivity contribution is 6.23. The summed E-state index contributed by atoms with van der Waals surface area (Å²) in [6, 6.07) is 0. The van der Waals surface area contributed by atoms with E-state index in [9.17, 15) is 13.2 Å². The van der Waals surface area contributed by atoms with Crippen molar-refractivity contribution in [2.45, 2.75) is 12.6 Å². The zero-order chi connectivity index (χ0) is 11.5. The van der Waals surface area contributed by atoms with Crippen molar-refractivity contribution in [1.82, 2.24) is 0 Å². The fourth-order valence-electron chi connectivity index (χ4n) is 1.32. The van der Waals surface area contributed by atoms with E-state index < -0.39 is 11.7 Å². The van der Waals surface area contributed by atoms with Gasteiger partial charge in [0.05, 0.1) is 6.26 Å². The molecule has 0 aliphatic heterocycles. The van der Waals surface area contributed by atoms with Crippen molar-refractivity contribution in [2.75, 3.05) is 0 Å². The van der Waals surface area contributed by atoms with Gasteiger partial charge in [-0.05, 0) is 18.1 Å². The second-order valence-corrected chi connectivity index (χ2v) is 3.28. The van der Waals surface area contributed by atoms with E-state index in [0.29, 0.717) is 11.0 Å². The van der Waals surface area contributed by atoms with E-state index in [1.807, 2.05) is 0 Å². The Balaban J connectivity index is 2.99. The molecule has 0 bridgehead atoms. The van der Waals surface area contributed by atoms with E-state index in [-0.39, 0.29) is 6.42 Å². The smallest absolute Gasteiger partial charge is 0.412 e. The molecule has 0 aromatic carbocycles. The molecule has 1 aliphatic rings. The molecule has 1 nitrogen and oxygen atoms in total. The van der Waals surface area contributed by atoms with Crippen LogP contribution in [0.4, 0.5) is 13.2 Å². The van der Waals surface area contributed by atoms with Gasteiger partial charge < -0.3 is 5.11 Å².